The van der Waals surface area contributed by atoms with Crippen molar-refractivity contribution in [2.75, 3.05) is 39.8 Å². The summed E-state index contributed by atoms with van der Waals surface area (Å²) < 4.78 is 1.29. The largest absolute Gasteiger partial charge is 0.324 e. The van der Waals surface area contributed by atoms with Crippen molar-refractivity contribution >= 4 is 0 Å². The van der Waals surface area contributed by atoms with Crippen LogP contribution in [0.4, 0.5) is 0 Å². The Morgan fingerprint density at radius 1 is 1.04 bits per heavy atom. The van der Waals surface area contributed by atoms with Gasteiger partial charge < -0.3 is 4.48 Å². The van der Waals surface area contributed by atoms with Gasteiger partial charge in [-0.25, -0.2) is 0 Å². The highest BCUT2D eigenvalue weighted by Gasteiger charge is 2.35. The molecule has 1 saturated carbocycles. The first kappa shape index (κ1) is 17.9. The van der Waals surface area contributed by atoms with Crippen molar-refractivity contribution in [2.24, 2.45) is 5.92 Å². The first-order chi connectivity index (χ1) is 11.7. The van der Waals surface area contributed by atoms with Gasteiger partial charge in [0.05, 0.1) is 26.7 Å². The van der Waals surface area contributed by atoms with E-state index in [9.17, 15) is 0 Å². The molecule has 1 heterocycles. The summed E-state index contributed by atoms with van der Waals surface area (Å²) >= 11 is 0. The number of hydrogen-bond acceptors (Lipinski definition) is 1. The topological polar surface area (TPSA) is 3.24 Å². The van der Waals surface area contributed by atoms with Crippen LogP contribution in [-0.4, -0.2) is 49.2 Å². The molecule has 2 aliphatic rings. The van der Waals surface area contributed by atoms with Gasteiger partial charge in [-0.05, 0) is 30.7 Å². The minimum absolute atomic E-state index is 0.659. The van der Waals surface area contributed by atoms with Gasteiger partial charge in [0.25, 0.3) is 0 Å². The van der Waals surface area contributed by atoms with Crippen LogP contribution in [0, 0.1) is 5.92 Å². The number of unbranched alkanes of at least 4 members (excludes halogenated alkanes) is 1. The molecule has 2 fully saturated rings. The average Bonchev–Trinajstić information content (AvgIpc) is 2.64. The number of nitrogens with zero attached hydrogens (tertiary/aromatic N) is 2. The van der Waals surface area contributed by atoms with Gasteiger partial charge in [0, 0.05) is 19.1 Å². The standard InChI is InChI=1S/C22H37N2/c1-3-4-17-24(2)18-15-23(16-19-24)22(20-11-7-5-8-12-20)21-13-9-6-10-14-21/h5,7-8,11-12,21-22H,3-4,6,9-10,13-19H2,1-2H3/q+1. The van der Waals surface area contributed by atoms with Crippen molar-refractivity contribution in [2.45, 2.75) is 57.9 Å². The highest BCUT2D eigenvalue weighted by atomic mass is 15.4. The van der Waals surface area contributed by atoms with Gasteiger partial charge in [-0.2, -0.15) is 0 Å². The molecule has 24 heavy (non-hydrogen) atoms. The Bertz CT molecular complexity index is 470. The van der Waals surface area contributed by atoms with Crippen molar-refractivity contribution in [3.63, 3.8) is 0 Å². The van der Waals surface area contributed by atoms with Gasteiger partial charge in [-0.3, -0.25) is 4.90 Å². The Hall–Kier alpha value is -0.860. The summed E-state index contributed by atoms with van der Waals surface area (Å²) in [7, 11) is 2.48. The monoisotopic (exact) mass is 329 g/mol. The lowest BCUT2D eigenvalue weighted by Gasteiger charge is -2.47. The molecule has 1 atom stereocenters. The predicted molar refractivity (Wildman–Crippen MR) is 103 cm³/mol. The van der Waals surface area contributed by atoms with Crippen LogP contribution in [0.2, 0.25) is 0 Å². The lowest BCUT2D eigenvalue weighted by molar-refractivity contribution is -0.914. The highest BCUT2D eigenvalue weighted by molar-refractivity contribution is 5.20. The van der Waals surface area contributed by atoms with Crippen molar-refractivity contribution in [3.05, 3.63) is 35.9 Å². The second-order valence-electron chi connectivity index (χ2n) is 8.43. The third-order valence-electron chi connectivity index (χ3n) is 6.54. The number of piperazine rings is 1. The molecule has 1 aliphatic heterocycles. The molecule has 1 aromatic carbocycles. The fourth-order valence-electron chi connectivity index (χ4n) is 4.89. The number of rotatable bonds is 6. The molecule has 134 valence electrons. The molecule has 1 aromatic rings. The van der Waals surface area contributed by atoms with E-state index in [0.29, 0.717) is 6.04 Å². The van der Waals surface area contributed by atoms with E-state index in [0.717, 1.165) is 5.92 Å². The number of benzene rings is 1. The first-order valence-corrected chi connectivity index (χ1v) is 10.3. The van der Waals surface area contributed by atoms with Crippen molar-refractivity contribution in [3.8, 4) is 0 Å². The Morgan fingerprint density at radius 3 is 2.33 bits per heavy atom. The van der Waals surface area contributed by atoms with Crippen LogP contribution >= 0.6 is 0 Å². The molecule has 3 rings (SSSR count). The normalized spacial score (nSPS) is 23.9. The van der Waals surface area contributed by atoms with E-state index in [1.807, 2.05) is 0 Å². The molecule has 2 heteroatoms. The second kappa shape index (κ2) is 8.49. The van der Waals surface area contributed by atoms with E-state index in [1.165, 1.54) is 82.2 Å². The molecule has 0 radical (unpaired) electrons. The quantitative estimate of drug-likeness (QED) is 0.673. The molecule has 0 amide bonds. The maximum absolute atomic E-state index is 2.83. The smallest absolute Gasteiger partial charge is 0.0914 e. The Labute approximate surface area is 149 Å². The first-order valence-electron chi connectivity index (χ1n) is 10.3. The fraction of sp³-hybridized carbons (Fsp3) is 0.727. The van der Waals surface area contributed by atoms with Crippen molar-refractivity contribution in [1.29, 1.82) is 0 Å². The summed E-state index contributed by atoms with van der Waals surface area (Å²) in [5.74, 6) is 0.869. The van der Waals surface area contributed by atoms with E-state index in [-0.39, 0.29) is 0 Å². The number of hydrogen-bond donors (Lipinski definition) is 0. The van der Waals surface area contributed by atoms with Crippen LogP contribution in [0.15, 0.2) is 30.3 Å². The Balaban J connectivity index is 1.70. The minimum Gasteiger partial charge on any atom is -0.324 e. The summed E-state index contributed by atoms with van der Waals surface area (Å²) in [5, 5.41) is 0. The maximum atomic E-state index is 2.83. The van der Waals surface area contributed by atoms with Crippen LogP contribution in [-0.2, 0) is 0 Å². The zero-order valence-electron chi connectivity index (χ0n) is 15.9. The molecule has 0 N–H and O–H groups in total. The minimum atomic E-state index is 0.659. The van der Waals surface area contributed by atoms with Gasteiger partial charge in [0.2, 0.25) is 0 Å². The van der Waals surface area contributed by atoms with Crippen LogP contribution in [0.25, 0.3) is 0 Å². The van der Waals surface area contributed by atoms with Crippen molar-refractivity contribution in [1.82, 2.24) is 4.90 Å². The van der Waals surface area contributed by atoms with Crippen LogP contribution < -0.4 is 0 Å². The molecule has 0 bridgehead atoms. The van der Waals surface area contributed by atoms with Gasteiger partial charge >= 0.3 is 0 Å². The fourth-order valence-corrected chi connectivity index (χ4v) is 4.89. The van der Waals surface area contributed by atoms with Crippen molar-refractivity contribution < 1.29 is 4.48 Å². The summed E-state index contributed by atoms with van der Waals surface area (Å²) in [6.45, 7) is 8.89. The van der Waals surface area contributed by atoms with Gasteiger partial charge in [0.1, 0.15) is 0 Å². The molecule has 0 aromatic heterocycles. The SMILES string of the molecule is CCCC[N+]1(C)CCN(C(c2ccccc2)C2CCCCC2)CC1. The molecule has 1 unspecified atom stereocenters. The molecular formula is C22H37N2+. The van der Waals surface area contributed by atoms with E-state index in [2.05, 4.69) is 49.2 Å². The van der Waals surface area contributed by atoms with E-state index in [1.54, 1.807) is 5.56 Å². The number of likely N-dealkylation sites (N-methyl/N-ethyl adjacent to an activating group) is 1. The maximum Gasteiger partial charge on any atom is 0.0914 e. The summed E-state index contributed by atoms with van der Waals surface area (Å²) in [4.78, 5) is 2.83. The van der Waals surface area contributed by atoms with Crippen LogP contribution in [0.1, 0.15) is 63.5 Å². The number of quaternary nitrogens is 1. The lowest BCUT2D eigenvalue weighted by Crippen LogP contribution is -2.58. The third-order valence-corrected chi connectivity index (χ3v) is 6.54. The third kappa shape index (κ3) is 4.40. The molecule has 2 nitrogen and oxygen atoms in total. The van der Waals surface area contributed by atoms with Crippen LogP contribution in [0.3, 0.4) is 0 Å². The Morgan fingerprint density at radius 2 is 1.71 bits per heavy atom. The summed E-state index contributed by atoms with van der Waals surface area (Å²) in [6.07, 6.45) is 9.88. The molecule has 0 spiro atoms. The Kier molecular flexibility index (Phi) is 6.35. The molecular weight excluding hydrogens is 292 g/mol. The van der Waals surface area contributed by atoms with Gasteiger partial charge in [-0.15, -0.1) is 0 Å². The van der Waals surface area contributed by atoms with E-state index < -0.39 is 0 Å². The zero-order chi connectivity index (χ0) is 16.8. The average molecular weight is 330 g/mol. The van der Waals surface area contributed by atoms with E-state index >= 15 is 0 Å². The van der Waals surface area contributed by atoms with Gasteiger partial charge in [0.15, 0.2) is 0 Å². The summed E-state index contributed by atoms with van der Waals surface area (Å²) in [5.41, 5.74) is 1.56. The lowest BCUT2D eigenvalue weighted by atomic mass is 9.80. The predicted octanol–water partition coefficient (Wildman–Crippen LogP) is 4.87. The molecule has 1 aliphatic carbocycles. The van der Waals surface area contributed by atoms with Crippen LogP contribution in [0.5, 0.6) is 0 Å². The van der Waals surface area contributed by atoms with Gasteiger partial charge in [-0.1, -0.05) is 62.9 Å². The molecule has 1 saturated heterocycles. The highest BCUT2D eigenvalue weighted by Crippen LogP contribution is 2.39. The zero-order valence-corrected chi connectivity index (χ0v) is 15.9. The van der Waals surface area contributed by atoms with E-state index in [4.69, 9.17) is 0 Å². The second-order valence-corrected chi connectivity index (χ2v) is 8.43. The summed E-state index contributed by atoms with van der Waals surface area (Å²) in [6, 6.07) is 12.0.